The van der Waals surface area contributed by atoms with E-state index in [4.69, 9.17) is 4.42 Å². The Hall–Kier alpha value is -2.34. The highest BCUT2D eigenvalue weighted by Crippen LogP contribution is 2.22. The van der Waals surface area contributed by atoms with Crippen molar-refractivity contribution < 1.29 is 4.42 Å². The van der Waals surface area contributed by atoms with Crippen molar-refractivity contribution in [2.45, 2.75) is 6.92 Å². The molecule has 0 aliphatic rings. The predicted octanol–water partition coefficient (Wildman–Crippen LogP) is 4.67. The number of hydrogen-bond donors (Lipinski definition) is 0. The SMILES string of the molecule is Cc1ccc(N=Nc2cc(Br)c(=O)c3ocnc3c2)cc1. The minimum absolute atomic E-state index is 0.193. The Bertz CT molecular complexity index is 886. The summed E-state index contributed by atoms with van der Waals surface area (Å²) in [5.41, 5.74) is 2.79. The molecule has 0 amide bonds. The molecule has 0 atom stereocenters. The van der Waals surface area contributed by atoms with E-state index < -0.39 is 0 Å². The molecule has 0 saturated heterocycles. The van der Waals surface area contributed by atoms with Crippen molar-refractivity contribution in [2.24, 2.45) is 10.2 Å². The normalized spacial score (nSPS) is 11.3. The molecule has 5 nitrogen and oxygen atoms in total. The van der Waals surface area contributed by atoms with Crippen LogP contribution in [0.3, 0.4) is 0 Å². The third-order valence-corrected chi connectivity index (χ3v) is 3.48. The van der Waals surface area contributed by atoms with Gasteiger partial charge in [0.25, 0.3) is 0 Å². The summed E-state index contributed by atoms with van der Waals surface area (Å²) in [6, 6.07) is 10.9. The fourth-order valence-corrected chi connectivity index (χ4v) is 2.21. The molecular weight excluding hydrogens is 334 g/mol. The topological polar surface area (TPSA) is 67.8 Å². The fraction of sp³-hybridized carbons (Fsp3) is 0.0667. The molecule has 0 saturated carbocycles. The van der Waals surface area contributed by atoms with Crippen molar-refractivity contribution in [2.75, 3.05) is 0 Å². The molecule has 0 aliphatic carbocycles. The van der Waals surface area contributed by atoms with Crippen LogP contribution in [0.2, 0.25) is 0 Å². The number of hydrogen-bond acceptors (Lipinski definition) is 5. The van der Waals surface area contributed by atoms with Crippen LogP contribution in [-0.4, -0.2) is 4.98 Å². The highest BCUT2D eigenvalue weighted by Gasteiger charge is 2.07. The first-order valence-electron chi connectivity index (χ1n) is 6.19. The second-order valence-electron chi connectivity index (χ2n) is 4.49. The van der Waals surface area contributed by atoms with Crippen LogP contribution in [0.1, 0.15) is 5.56 Å². The minimum Gasteiger partial charge on any atom is -0.439 e. The fourth-order valence-electron chi connectivity index (χ4n) is 1.80. The van der Waals surface area contributed by atoms with Gasteiger partial charge in [0.2, 0.25) is 11.0 Å². The molecule has 104 valence electrons. The number of nitrogens with zero attached hydrogens (tertiary/aromatic N) is 3. The van der Waals surface area contributed by atoms with Gasteiger partial charge in [-0.1, -0.05) is 17.7 Å². The number of halogens is 1. The van der Waals surface area contributed by atoms with E-state index in [1.807, 2.05) is 31.2 Å². The highest BCUT2D eigenvalue weighted by molar-refractivity contribution is 9.10. The molecule has 0 fully saturated rings. The van der Waals surface area contributed by atoms with Gasteiger partial charge in [0.15, 0.2) is 6.39 Å². The third-order valence-electron chi connectivity index (χ3n) is 2.89. The molecule has 1 aromatic heterocycles. The summed E-state index contributed by atoms with van der Waals surface area (Å²) in [6.45, 7) is 2.01. The van der Waals surface area contributed by atoms with Crippen LogP contribution in [0.4, 0.5) is 11.4 Å². The lowest BCUT2D eigenvalue weighted by molar-refractivity contribution is 0.599. The van der Waals surface area contributed by atoms with Gasteiger partial charge in [-0.2, -0.15) is 10.2 Å². The average molecular weight is 344 g/mol. The molecule has 0 bridgehead atoms. The molecule has 0 spiro atoms. The zero-order valence-corrected chi connectivity index (χ0v) is 12.7. The largest absolute Gasteiger partial charge is 0.439 e. The van der Waals surface area contributed by atoms with Crippen LogP contribution in [0.15, 0.2) is 66.7 Å². The van der Waals surface area contributed by atoms with Crippen LogP contribution in [0.25, 0.3) is 11.1 Å². The number of fused-ring (bicyclic) bond motifs is 1. The average Bonchev–Trinajstić information content (AvgIpc) is 2.89. The molecule has 0 radical (unpaired) electrons. The lowest BCUT2D eigenvalue weighted by Gasteiger charge is -1.93. The maximum Gasteiger partial charge on any atom is 0.237 e. The summed E-state index contributed by atoms with van der Waals surface area (Å²) in [5.74, 6) is 0. The first-order valence-corrected chi connectivity index (χ1v) is 6.98. The first kappa shape index (κ1) is 13.6. The number of oxazole rings is 1. The maximum absolute atomic E-state index is 12.0. The predicted molar refractivity (Wildman–Crippen MR) is 83.3 cm³/mol. The summed E-state index contributed by atoms with van der Waals surface area (Å²) in [4.78, 5) is 16.0. The highest BCUT2D eigenvalue weighted by atomic mass is 79.9. The molecule has 0 unspecified atom stereocenters. The molecule has 3 rings (SSSR count). The minimum atomic E-state index is -0.265. The van der Waals surface area contributed by atoms with E-state index >= 15 is 0 Å². The Balaban J connectivity index is 2.07. The Morgan fingerprint density at radius 3 is 2.57 bits per heavy atom. The Morgan fingerprint density at radius 1 is 1.10 bits per heavy atom. The molecule has 3 aromatic rings. The van der Waals surface area contributed by atoms with Gasteiger partial charge in [0.05, 0.1) is 15.8 Å². The van der Waals surface area contributed by atoms with Crippen LogP contribution in [0, 0.1) is 6.92 Å². The first-order chi connectivity index (χ1) is 10.1. The van der Waals surface area contributed by atoms with Gasteiger partial charge in [0, 0.05) is 0 Å². The molecule has 0 aliphatic heterocycles. The smallest absolute Gasteiger partial charge is 0.237 e. The molecule has 21 heavy (non-hydrogen) atoms. The Labute approximate surface area is 128 Å². The van der Waals surface area contributed by atoms with Crippen molar-refractivity contribution in [1.82, 2.24) is 4.98 Å². The standard InChI is InChI=1S/C15H10BrN3O2/c1-9-2-4-10(5-3-9)18-19-11-6-12(16)14(20)15-13(7-11)17-8-21-15/h2-8H,1H3. The van der Waals surface area contributed by atoms with Gasteiger partial charge >= 0.3 is 0 Å². The molecule has 1 heterocycles. The number of aromatic nitrogens is 1. The van der Waals surface area contributed by atoms with Crippen molar-refractivity contribution in [3.8, 4) is 0 Å². The van der Waals surface area contributed by atoms with Gasteiger partial charge in [0.1, 0.15) is 5.52 Å². The maximum atomic E-state index is 12.0. The molecule has 6 heteroatoms. The Kier molecular flexibility index (Phi) is 3.62. The second kappa shape index (κ2) is 5.57. The van der Waals surface area contributed by atoms with Gasteiger partial charge in [-0.3, -0.25) is 4.79 Å². The molecule has 2 aromatic carbocycles. The van der Waals surface area contributed by atoms with Crippen LogP contribution in [0.5, 0.6) is 0 Å². The molecular formula is C15H10BrN3O2. The van der Waals surface area contributed by atoms with Gasteiger partial charge in [-0.15, -0.1) is 0 Å². The summed E-state index contributed by atoms with van der Waals surface area (Å²) < 4.78 is 5.45. The van der Waals surface area contributed by atoms with E-state index in [-0.39, 0.29) is 11.0 Å². The van der Waals surface area contributed by atoms with Gasteiger partial charge in [-0.05, 0) is 47.1 Å². The van der Waals surface area contributed by atoms with Crippen LogP contribution in [-0.2, 0) is 0 Å². The lowest BCUT2D eigenvalue weighted by Crippen LogP contribution is -1.96. The lowest BCUT2D eigenvalue weighted by atomic mass is 10.2. The molecule has 0 N–H and O–H groups in total. The second-order valence-corrected chi connectivity index (χ2v) is 5.35. The Morgan fingerprint density at radius 2 is 1.81 bits per heavy atom. The zero-order chi connectivity index (χ0) is 14.8. The number of azo groups is 1. The van der Waals surface area contributed by atoms with Crippen LogP contribution < -0.4 is 5.43 Å². The van der Waals surface area contributed by atoms with Gasteiger partial charge in [-0.25, -0.2) is 4.98 Å². The zero-order valence-electron chi connectivity index (χ0n) is 11.1. The van der Waals surface area contributed by atoms with Crippen molar-refractivity contribution >= 4 is 38.4 Å². The van der Waals surface area contributed by atoms with Crippen LogP contribution >= 0.6 is 15.9 Å². The third kappa shape index (κ3) is 2.90. The van der Waals surface area contributed by atoms with E-state index in [9.17, 15) is 4.79 Å². The van der Waals surface area contributed by atoms with Gasteiger partial charge < -0.3 is 4.42 Å². The number of aryl methyl sites for hydroxylation is 1. The quantitative estimate of drug-likeness (QED) is 0.634. The summed E-state index contributed by atoms with van der Waals surface area (Å²) in [6.07, 6.45) is 1.24. The summed E-state index contributed by atoms with van der Waals surface area (Å²) >= 11 is 3.22. The monoisotopic (exact) mass is 343 g/mol. The van der Waals surface area contributed by atoms with E-state index in [2.05, 4.69) is 31.1 Å². The van der Waals surface area contributed by atoms with Crippen molar-refractivity contribution in [3.05, 3.63) is 63.1 Å². The van der Waals surface area contributed by atoms with Crippen molar-refractivity contribution in [1.29, 1.82) is 0 Å². The van der Waals surface area contributed by atoms with Crippen molar-refractivity contribution in [3.63, 3.8) is 0 Å². The number of benzene rings is 1. The number of rotatable bonds is 2. The van der Waals surface area contributed by atoms with E-state index in [0.717, 1.165) is 11.3 Å². The summed E-state index contributed by atoms with van der Waals surface area (Å²) in [5, 5.41) is 8.30. The van der Waals surface area contributed by atoms with E-state index in [0.29, 0.717) is 15.7 Å². The van der Waals surface area contributed by atoms with E-state index in [1.54, 1.807) is 12.1 Å². The summed E-state index contributed by atoms with van der Waals surface area (Å²) in [7, 11) is 0. The van der Waals surface area contributed by atoms with E-state index in [1.165, 1.54) is 6.39 Å².